The van der Waals surface area contributed by atoms with Crippen molar-refractivity contribution >= 4 is 46.6 Å². The van der Waals surface area contributed by atoms with Gasteiger partial charge in [0.25, 0.3) is 5.91 Å². The molecule has 1 heterocycles. The standard InChI is InChI=1S/C26H23Cl2N3O4/c1-14(15-6-9-17(10-7-15)30-22(33)13-32)29-26(35)23-18-4-2-3-5-19(18)25(34)31-24(23)20-11-8-16(27)12-21(20)28/h2-12,14,23-24,32H,13H2,1H3,(H,29,35)(H,30,33)(H,31,34)/t14?,23-,24+/m1/s1. The first kappa shape index (κ1) is 24.7. The number of carbonyl (C=O) groups excluding carboxylic acids is 3. The van der Waals surface area contributed by atoms with Gasteiger partial charge in [-0.1, -0.05) is 59.6 Å². The largest absolute Gasteiger partial charge is 0.387 e. The van der Waals surface area contributed by atoms with Crippen molar-refractivity contribution in [1.29, 1.82) is 0 Å². The van der Waals surface area contributed by atoms with Gasteiger partial charge in [-0.15, -0.1) is 0 Å². The number of anilines is 1. The highest BCUT2D eigenvalue weighted by molar-refractivity contribution is 6.35. The van der Waals surface area contributed by atoms with Gasteiger partial charge < -0.3 is 21.1 Å². The smallest absolute Gasteiger partial charge is 0.252 e. The Balaban J connectivity index is 1.63. The van der Waals surface area contributed by atoms with Crippen molar-refractivity contribution in [3.05, 3.63) is 99.0 Å². The second kappa shape index (κ2) is 10.5. The molecule has 0 fully saturated rings. The number of aliphatic hydroxyl groups excluding tert-OH is 1. The fourth-order valence-electron chi connectivity index (χ4n) is 4.20. The minimum absolute atomic E-state index is 0.279. The molecule has 3 atom stereocenters. The van der Waals surface area contributed by atoms with E-state index in [0.717, 1.165) is 5.56 Å². The Morgan fingerprint density at radius 1 is 1.03 bits per heavy atom. The van der Waals surface area contributed by atoms with Gasteiger partial charge in [0.15, 0.2) is 0 Å². The monoisotopic (exact) mass is 511 g/mol. The van der Waals surface area contributed by atoms with Crippen LogP contribution in [-0.4, -0.2) is 29.4 Å². The number of hydrogen-bond acceptors (Lipinski definition) is 4. The van der Waals surface area contributed by atoms with E-state index in [2.05, 4.69) is 16.0 Å². The van der Waals surface area contributed by atoms with Crippen molar-refractivity contribution in [2.75, 3.05) is 11.9 Å². The fourth-order valence-corrected chi connectivity index (χ4v) is 4.73. The zero-order valence-electron chi connectivity index (χ0n) is 18.7. The molecule has 0 aromatic heterocycles. The maximum Gasteiger partial charge on any atom is 0.252 e. The van der Waals surface area contributed by atoms with Gasteiger partial charge in [-0.05, 0) is 53.9 Å². The van der Waals surface area contributed by atoms with Crippen molar-refractivity contribution in [2.24, 2.45) is 0 Å². The summed E-state index contributed by atoms with van der Waals surface area (Å²) in [7, 11) is 0. The minimum atomic E-state index is -0.729. The molecule has 0 radical (unpaired) electrons. The van der Waals surface area contributed by atoms with Crippen molar-refractivity contribution in [3.63, 3.8) is 0 Å². The van der Waals surface area contributed by atoms with Crippen LogP contribution in [0.5, 0.6) is 0 Å². The summed E-state index contributed by atoms with van der Waals surface area (Å²) < 4.78 is 0. The molecular formula is C26H23Cl2N3O4. The third-order valence-corrected chi connectivity index (χ3v) is 6.50. The van der Waals surface area contributed by atoms with E-state index in [1.165, 1.54) is 0 Å². The number of amides is 3. The van der Waals surface area contributed by atoms with Gasteiger partial charge >= 0.3 is 0 Å². The molecule has 0 aliphatic carbocycles. The quantitative estimate of drug-likeness (QED) is 0.394. The Bertz CT molecular complexity index is 1280. The van der Waals surface area contributed by atoms with Crippen LogP contribution < -0.4 is 16.0 Å². The lowest BCUT2D eigenvalue weighted by Crippen LogP contribution is -2.45. The van der Waals surface area contributed by atoms with Crippen molar-refractivity contribution < 1.29 is 19.5 Å². The Morgan fingerprint density at radius 2 is 1.74 bits per heavy atom. The topological polar surface area (TPSA) is 108 Å². The third kappa shape index (κ3) is 5.32. The summed E-state index contributed by atoms with van der Waals surface area (Å²) in [6, 6.07) is 17.9. The van der Waals surface area contributed by atoms with Gasteiger partial charge in [-0.3, -0.25) is 14.4 Å². The predicted molar refractivity (Wildman–Crippen MR) is 135 cm³/mol. The number of benzene rings is 3. The average Bonchev–Trinajstić information content (AvgIpc) is 2.84. The first-order chi connectivity index (χ1) is 16.8. The molecule has 3 amide bonds. The summed E-state index contributed by atoms with van der Waals surface area (Å²) in [6.07, 6.45) is 0. The lowest BCUT2D eigenvalue weighted by molar-refractivity contribution is -0.124. The van der Waals surface area contributed by atoms with E-state index in [1.807, 2.05) is 6.92 Å². The minimum Gasteiger partial charge on any atom is -0.387 e. The molecule has 1 aliphatic rings. The number of carbonyl (C=O) groups is 3. The molecule has 7 nitrogen and oxygen atoms in total. The highest BCUT2D eigenvalue weighted by Gasteiger charge is 2.40. The normalized spacial score (nSPS) is 17.7. The van der Waals surface area contributed by atoms with Crippen LogP contribution in [-0.2, 0) is 9.59 Å². The molecule has 0 saturated heterocycles. The number of nitrogens with one attached hydrogen (secondary N) is 3. The summed E-state index contributed by atoms with van der Waals surface area (Å²) in [5.74, 6) is -1.80. The van der Waals surface area contributed by atoms with E-state index in [-0.39, 0.29) is 17.9 Å². The Kier molecular flexibility index (Phi) is 7.40. The fraction of sp³-hybridized carbons (Fsp3) is 0.192. The Hall–Kier alpha value is -3.39. The van der Waals surface area contributed by atoms with Crippen molar-refractivity contribution in [1.82, 2.24) is 10.6 Å². The summed E-state index contributed by atoms with van der Waals surface area (Å²) in [4.78, 5) is 37.8. The molecule has 180 valence electrons. The maximum absolute atomic E-state index is 13.6. The van der Waals surface area contributed by atoms with Gasteiger partial charge in [0.1, 0.15) is 6.61 Å². The summed E-state index contributed by atoms with van der Waals surface area (Å²) in [6.45, 7) is 1.24. The van der Waals surface area contributed by atoms with Crippen LogP contribution in [0.3, 0.4) is 0 Å². The molecule has 0 bridgehead atoms. The number of hydrogen-bond donors (Lipinski definition) is 4. The second-order valence-corrected chi connectivity index (χ2v) is 9.08. The third-order valence-electron chi connectivity index (χ3n) is 5.94. The molecule has 4 N–H and O–H groups in total. The molecular weight excluding hydrogens is 489 g/mol. The molecule has 0 spiro atoms. The lowest BCUT2D eigenvalue weighted by atomic mass is 9.80. The molecule has 0 saturated carbocycles. The van der Waals surface area contributed by atoms with Gasteiger partial charge in [0.05, 0.1) is 18.0 Å². The number of aliphatic hydroxyl groups is 1. The summed E-state index contributed by atoms with van der Waals surface area (Å²) in [5.41, 5.74) is 2.99. The number of fused-ring (bicyclic) bond motifs is 1. The molecule has 1 unspecified atom stereocenters. The highest BCUT2D eigenvalue weighted by atomic mass is 35.5. The first-order valence-electron chi connectivity index (χ1n) is 10.9. The molecule has 9 heteroatoms. The van der Waals surface area contributed by atoms with Crippen LogP contribution in [0.4, 0.5) is 5.69 Å². The zero-order chi connectivity index (χ0) is 25.1. The molecule has 35 heavy (non-hydrogen) atoms. The summed E-state index contributed by atoms with van der Waals surface area (Å²) in [5, 5.41) is 18.2. The maximum atomic E-state index is 13.6. The highest BCUT2D eigenvalue weighted by Crippen LogP contribution is 2.40. The van der Waals surface area contributed by atoms with E-state index >= 15 is 0 Å². The van der Waals surface area contributed by atoms with Crippen LogP contribution in [0.25, 0.3) is 0 Å². The van der Waals surface area contributed by atoms with Crippen LogP contribution in [0.15, 0.2) is 66.7 Å². The number of halogens is 2. The first-order valence-corrected chi connectivity index (χ1v) is 11.7. The van der Waals surface area contributed by atoms with Crippen LogP contribution in [0.2, 0.25) is 10.0 Å². The lowest BCUT2D eigenvalue weighted by Gasteiger charge is -2.34. The van der Waals surface area contributed by atoms with Crippen LogP contribution in [0.1, 0.15) is 52.0 Å². The average molecular weight is 512 g/mol. The van der Waals surface area contributed by atoms with Crippen molar-refractivity contribution in [3.8, 4) is 0 Å². The zero-order valence-corrected chi connectivity index (χ0v) is 20.2. The van der Waals surface area contributed by atoms with Gasteiger partial charge in [-0.25, -0.2) is 0 Å². The Morgan fingerprint density at radius 3 is 2.43 bits per heavy atom. The van der Waals surface area contributed by atoms with Gasteiger partial charge in [0.2, 0.25) is 11.8 Å². The summed E-state index contributed by atoms with van der Waals surface area (Å²) >= 11 is 12.5. The van der Waals surface area contributed by atoms with E-state index < -0.39 is 24.5 Å². The second-order valence-electron chi connectivity index (χ2n) is 8.24. The van der Waals surface area contributed by atoms with E-state index in [4.69, 9.17) is 28.3 Å². The van der Waals surface area contributed by atoms with E-state index in [1.54, 1.807) is 66.7 Å². The molecule has 3 aromatic carbocycles. The van der Waals surface area contributed by atoms with Crippen LogP contribution >= 0.6 is 23.2 Å². The van der Waals surface area contributed by atoms with Crippen LogP contribution in [0, 0.1) is 0 Å². The molecule has 1 aliphatic heterocycles. The van der Waals surface area contributed by atoms with Gasteiger partial charge in [-0.2, -0.15) is 0 Å². The molecule has 4 rings (SSSR count). The SMILES string of the molecule is CC(NC(=O)[C@@H]1c2ccccc2C(=O)N[C@H]1c1ccc(Cl)cc1Cl)c1ccc(NC(=O)CO)cc1. The van der Waals surface area contributed by atoms with E-state index in [9.17, 15) is 14.4 Å². The number of rotatable bonds is 6. The predicted octanol–water partition coefficient (Wildman–Crippen LogP) is 4.37. The van der Waals surface area contributed by atoms with Crippen molar-refractivity contribution in [2.45, 2.75) is 24.9 Å². The molecule has 3 aromatic rings. The van der Waals surface area contributed by atoms with E-state index in [0.29, 0.717) is 32.4 Å². The Labute approximate surface area is 212 Å². The van der Waals surface area contributed by atoms with Gasteiger partial charge in [0, 0.05) is 21.3 Å².